The van der Waals surface area contributed by atoms with Crippen molar-refractivity contribution in [2.24, 2.45) is 5.92 Å². The summed E-state index contributed by atoms with van der Waals surface area (Å²) < 4.78 is 6.53. The van der Waals surface area contributed by atoms with Crippen LogP contribution in [0.25, 0.3) is 0 Å². The van der Waals surface area contributed by atoms with Crippen LogP contribution in [0.5, 0.6) is 0 Å². The molecule has 0 bridgehead atoms. The van der Waals surface area contributed by atoms with Crippen molar-refractivity contribution in [1.29, 1.82) is 0 Å². The van der Waals surface area contributed by atoms with E-state index in [9.17, 15) is 14.7 Å². The van der Waals surface area contributed by atoms with E-state index in [0.717, 1.165) is 13.0 Å². The van der Waals surface area contributed by atoms with Crippen LogP contribution in [0.1, 0.15) is 24.6 Å². The number of carbonyl (C=O) groups is 1. The number of aromatic nitrogens is 2. The molecule has 1 fully saturated rings. The summed E-state index contributed by atoms with van der Waals surface area (Å²) in [4.78, 5) is 27.7. The number of halogens is 1. The number of carboxylic acid groups (broad SMARTS) is 1. The van der Waals surface area contributed by atoms with Crippen molar-refractivity contribution in [3.05, 3.63) is 21.2 Å². The Balaban J connectivity index is 1.88. The smallest absolute Gasteiger partial charge is 0.326 e. The van der Waals surface area contributed by atoms with Gasteiger partial charge in [-0.15, -0.1) is 0 Å². The molecule has 7 nitrogen and oxygen atoms in total. The molecule has 2 aliphatic heterocycles. The third kappa shape index (κ3) is 2.63. The van der Waals surface area contributed by atoms with Crippen LogP contribution in [-0.2, 0) is 16.0 Å². The molecule has 1 unspecified atom stereocenters. The fourth-order valence-electron chi connectivity index (χ4n) is 2.84. The zero-order chi connectivity index (χ0) is 15.0. The maximum Gasteiger partial charge on any atom is 0.326 e. The number of carboxylic acids is 1. The van der Waals surface area contributed by atoms with E-state index < -0.39 is 17.6 Å². The van der Waals surface area contributed by atoms with Crippen molar-refractivity contribution in [3.8, 4) is 0 Å². The first kappa shape index (κ1) is 14.3. The van der Waals surface area contributed by atoms with Crippen LogP contribution in [0, 0.1) is 5.92 Å². The molecule has 1 aromatic rings. The average Bonchev–Trinajstić information content (AvgIpc) is 3.09. The summed E-state index contributed by atoms with van der Waals surface area (Å²) in [5.41, 5.74) is 0.0852. The fourth-order valence-corrected chi connectivity index (χ4v) is 3.11. The van der Waals surface area contributed by atoms with Crippen molar-refractivity contribution in [2.45, 2.75) is 25.3 Å². The van der Waals surface area contributed by atoms with Gasteiger partial charge in [-0.25, -0.2) is 9.78 Å². The van der Waals surface area contributed by atoms with Crippen molar-refractivity contribution >= 4 is 23.4 Å². The Morgan fingerprint density at radius 2 is 2.33 bits per heavy atom. The predicted octanol–water partition coefficient (Wildman–Crippen LogP) is 0.917. The molecule has 1 saturated heterocycles. The van der Waals surface area contributed by atoms with Crippen molar-refractivity contribution in [2.75, 3.05) is 25.1 Å². The number of aliphatic carboxylic acids is 1. The number of hydrogen-bond donors (Lipinski definition) is 2. The Morgan fingerprint density at radius 3 is 3.00 bits per heavy atom. The van der Waals surface area contributed by atoms with E-state index in [1.807, 2.05) is 0 Å². The van der Waals surface area contributed by atoms with Crippen LogP contribution in [-0.4, -0.2) is 40.4 Å². The fraction of sp³-hybridized carbons (Fsp3) is 0.615. The second kappa shape index (κ2) is 5.65. The van der Waals surface area contributed by atoms with Crippen LogP contribution >= 0.6 is 11.6 Å². The van der Waals surface area contributed by atoms with E-state index in [1.165, 1.54) is 4.57 Å². The monoisotopic (exact) mass is 313 g/mol. The minimum absolute atomic E-state index is 0.115. The number of anilines is 1. The minimum atomic E-state index is -1.02. The molecule has 2 N–H and O–H groups in total. The zero-order valence-corrected chi connectivity index (χ0v) is 12.1. The Labute approximate surface area is 125 Å². The SMILES string of the molecule is O=C(O)[C@@H]1CCc2c(Cl)nc(NCC3CCOC3)c(=O)n21. The molecule has 0 aliphatic carbocycles. The normalized spacial score (nSPS) is 24.0. The molecule has 3 heterocycles. The number of rotatable bonds is 4. The van der Waals surface area contributed by atoms with Gasteiger partial charge in [-0.2, -0.15) is 0 Å². The first-order chi connectivity index (χ1) is 10.1. The molecule has 0 aromatic carbocycles. The summed E-state index contributed by atoms with van der Waals surface area (Å²) in [7, 11) is 0. The highest BCUT2D eigenvalue weighted by Crippen LogP contribution is 2.28. The highest BCUT2D eigenvalue weighted by atomic mass is 35.5. The van der Waals surface area contributed by atoms with Gasteiger partial charge in [0.05, 0.1) is 12.3 Å². The average molecular weight is 314 g/mol. The van der Waals surface area contributed by atoms with Gasteiger partial charge in [-0.3, -0.25) is 9.36 Å². The quantitative estimate of drug-likeness (QED) is 0.858. The predicted molar refractivity (Wildman–Crippen MR) is 75.9 cm³/mol. The summed E-state index contributed by atoms with van der Waals surface area (Å²) in [5.74, 6) is -0.574. The number of hydrogen-bond acceptors (Lipinski definition) is 5. The van der Waals surface area contributed by atoms with E-state index in [0.29, 0.717) is 37.6 Å². The summed E-state index contributed by atoms with van der Waals surface area (Å²) in [6.45, 7) is 1.95. The summed E-state index contributed by atoms with van der Waals surface area (Å²) in [5, 5.41) is 12.4. The van der Waals surface area contributed by atoms with E-state index in [2.05, 4.69) is 10.3 Å². The van der Waals surface area contributed by atoms with Crippen LogP contribution in [0.2, 0.25) is 5.15 Å². The van der Waals surface area contributed by atoms with E-state index in [1.54, 1.807) is 0 Å². The Kier molecular flexibility index (Phi) is 3.86. The molecule has 0 amide bonds. The van der Waals surface area contributed by atoms with Crippen LogP contribution in [0.3, 0.4) is 0 Å². The van der Waals surface area contributed by atoms with Gasteiger partial charge in [0.25, 0.3) is 5.56 Å². The molecule has 21 heavy (non-hydrogen) atoms. The highest BCUT2D eigenvalue weighted by molar-refractivity contribution is 6.30. The lowest BCUT2D eigenvalue weighted by Gasteiger charge is -2.14. The summed E-state index contributed by atoms with van der Waals surface area (Å²) in [6, 6.07) is -0.858. The van der Waals surface area contributed by atoms with Crippen LogP contribution < -0.4 is 10.9 Å². The van der Waals surface area contributed by atoms with Gasteiger partial charge in [-0.05, 0) is 19.3 Å². The molecule has 1 aromatic heterocycles. The molecule has 8 heteroatoms. The van der Waals surface area contributed by atoms with Crippen molar-refractivity contribution in [1.82, 2.24) is 9.55 Å². The highest BCUT2D eigenvalue weighted by Gasteiger charge is 2.32. The second-order valence-electron chi connectivity index (χ2n) is 5.38. The number of ether oxygens (including phenoxy) is 1. The third-order valence-corrected chi connectivity index (χ3v) is 4.30. The zero-order valence-electron chi connectivity index (χ0n) is 11.3. The van der Waals surface area contributed by atoms with Crippen molar-refractivity contribution in [3.63, 3.8) is 0 Å². The maximum absolute atomic E-state index is 12.4. The third-order valence-electron chi connectivity index (χ3n) is 3.99. The molecule has 2 aliphatic rings. The molecule has 3 rings (SSSR count). The van der Waals surface area contributed by atoms with Crippen LogP contribution in [0.4, 0.5) is 5.82 Å². The van der Waals surface area contributed by atoms with Gasteiger partial charge >= 0.3 is 5.97 Å². The van der Waals surface area contributed by atoms with Gasteiger partial charge in [-0.1, -0.05) is 11.6 Å². The largest absolute Gasteiger partial charge is 0.480 e. The first-order valence-corrected chi connectivity index (χ1v) is 7.31. The van der Waals surface area contributed by atoms with Gasteiger partial charge in [0.15, 0.2) is 11.0 Å². The number of nitrogens with one attached hydrogen (secondary N) is 1. The molecular weight excluding hydrogens is 298 g/mol. The number of nitrogens with zero attached hydrogens (tertiary/aromatic N) is 2. The molecule has 0 saturated carbocycles. The van der Waals surface area contributed by atoms with E-state index in [-0.39, 0.29) is 11.0 Å². The molecule has 0 spiro atoms. The Bertz CT molecular complexity index is 625. The summed E-state index contributed by atoms with van der Waals surface area (Å²) >= 11 is 6.08. The lowest BCUT2D eigenvalue weighted by atomic mass is 10.1. The lowest BCUT2D eigenvalue weighted by molar-refractivity contribution is -0.140. The first-order valence-electron chi connectivity index (χ1n) is 6.93. The van der Waals surface area contributed by atoms with Gasteiger partial charge in [0.2, 0.25) is 0 Å². The topological polar surface area (TPSA) is 93.5 Å². The van der Waals surface area contributed by atoms with Gasteiger partial charge in [0, 0.05) is 19.1 Å². The molecular formula is C13H16ClN3O4. The lowest BCUT2D eigenvalue weighted by Crippen LogP contribution is -2.31. The molecule has 114 valence electrons. The maximum atomic E-state index is 12.4. The standard InChI is InChI=1S/C13H16ClN3O4/c14-10-8-1-2-9(13(19)20)17(8)12(18)11(16-10)15-5-7-3-4-21-6-7/h7,9H,1-6H2,(H,15,16)(H,19,20)/t7?,9-/m0/s1. The van der Waals surface area contributed by atoms with E-state index in [4.69, 9.17) is 16.3 Å². The van der Waals surface area contributed by atoms with Gasteiger partial charge in [0.1, 0.15) is 6.04 Å². The molecule has 2 atom stereocenters. The van der Waals surface area contributed by atoms with Gasteiger partial charge < -0.3 is 15.2 Å². The molecule has 0 radical (unpaired) electrons. The Hall–Kier alpha value is -1.60. The Morgan fingerprint density at radius 1 is 1.52 bits per heavy atom. The van der Waals surface area contributed by atoms with Crippen LogP contribution in [0.15, 0.2) is 4.79 Å². The summed E-state index contributed by atoms with van der Waals surface area (Å²) in [6.07, 6.45) is 1.76. The van der Waals surface area contributed by atoms with Crippen molar-refractivity contribution < 1.29 is 14.6 Å². The minimum Gasteiger partial charge on any atom is -0.480 e. The number of fused-ring (bicyclic) bond motifs is 1. The van der Waals surface area contributed by atoms with E-state index >= 15 is 0 Å². The second-order valence-corrected chi connectivity index (χ2v) is 5.73.